The van der Waals surface area contributed by atoms with Crippen LogP contribution in [-0.4, -0.2) is 42.5 Å². The molecule has 0 aromatic heterocycles. The third kappa shape index (κ3) is 6.59. The van der Waals surface area contributed by atoms with E-state index in [1.807, 2.05) is 48.5 Å². The molecule has 37 heavy (non-hydrogen) atoms. The van der Waals surface area contributed by atoms with Gasteiger partial charge in [0.2, 0.25) is 0 Å². The molecule has 0 bridgehead atoms. The van der Waals surface area contributed by atoms with Gasteiger partial charge in [0, 0.05) is 23.0 Å². The van der Waals surface area contributed by atoms with E-state index in [0.717, 1.165) is 22.3 Å². The molecule has 3 aromatic carbocycles. The molecule has 0 aliphatic heterocycles. The Morgan fingerprint density at radius 3 is 2.14 bits per heavy atom. The lowest BCUT2D eigenvalue weighted by Crippen LogP contribution is -2.42. The average Bonchev–Trinajstić information content (AvgIpc) is 3.22. The number of carbonyl (C=O) groups is 3. The summed E-state index contributed by atoms with van der Waals surface area (Å²) in [7, 11) is 0. The fourth-order valence-corrected chi connectivity index (χ4v) is 4.54. The maximum atomic E-state index is 12.4. The molecule has 1 aliphatic rings. The smallest absolute Gasteiger partial charge is 0.407 e. The number of rotatable bonds is 10. The van der Waals surface area contributed by atoms with Crippen molar-refractivity contribution in [1.82, 2.24) is 10.6 Å². The summed E-state index contributed by atoms with van der Waals surface area (Å²) in [6.45, 7) is 0.287. The number of halogens is 1. The van der Waals surface area contributed by atoms with E-state index in [9.17, 15) is 19.5 Å². The van der Waals surface area contributed by atoms with E-state index in [0.29, 0.717) is 17.0 Å². The first-order chi connectivity index (χ1) is 17.9. The molecule has 3 aromatic rings. The van der Waals surface area contributed by atoms with E-state index in [4.69, 9.17) is 21.1 Å². The fourth-order valence-electron chi connectivity index (χ4n) is 4.35. The highest BCUT2D eigenvalue weighted by Gasteiger charge is 2.29. The number of amides is 2. The van der Waals surface area contributed by atoms with Crippen LogP contribution >= 0.6 is 11.6 Å². The van der Waals surface area contributed by atoms with E-state index >= 15 is 0 Å². The maximum absolute atomic E-state index is 12.4. The van der Waals surface area contributed by atoms with Crippen molar-refractivity contribution in [2.24, 2.45) is 0 Å². The van der Waals surface area contributed by atoms with Crippen LogP contribution in [0.1, 0.15) is 35.4 Å². The number of hydrogen-bond acceptors (Lipinski definition) is 5. The zero-order valence-electron chi connectivity index (χ0n) is 20.0. The predicted octanol–water partition coefficient (Wildman–Crippen LogP) is 5.34. The van der Waals surface area contributed by atoms with Gasteiger partial charge in [-0.3, -0.25) is 0 Å². The summed E-state index contributed by atoms with van der Waals surface area (Å²) in [5, 5.41) is 15.0. The van der Waals surface area contributed by atoms with Crippen molar-refractivity contribution >= 4 is 29.8 Å². The summed E-state index contributed by atoms with van der Waals surface area (Å²) >= 11 is 6.03. The quantitative estimate of drug-likeness (QED) is 0.310. The second kappa shape index (κ2) is 12.3. The van der Waals surface area contributed by atoms with Gasteiger partial charge in [-0.05, 0) is 41.2 Å². The number of carboxylic acid groups (broad SMARTS) is 1. The maximum Gasteiger partial charge on any atom is 0.407 e. The third-order valence-electron chi connectivity index (χ3n) is 6.19. The standard InChI is InChI=1S/C28H27ClN2O6/c29-24-13-6-1-8-18(24)16-36-27(34)30-15-7-14-25(26(32)33)31-28(35)37-17-23-21-11-4-2-9-19(21)20-10-3-5-12-22(20)23/h1-6,8-13,23,25H,7,14-17H2,(H,30,34)(H,31,35)(H,32,33)/t25-/m1/s1. The highest BCUT2D eigenvalue weighted by atomic mass is 35.5. The normalized spacial score (nSPS) is 12.7. The van der Waals surface area contributed by atoms with Gasteiger partial charge < -0.3 is 25.2 Å². The Balaban J connectivity index is 1.21. The summed E-state index contributed by atoms with van der Waals surface area (Å²) in [5.74, 6) is -1.31. The number of hydrogen-bond donors (Lipinski definition) is 3. The molecule has 0 saturated carbocycles. The molecule has 8 nitrogen and oxygen atoms in total. The molecule has 0 fully saturated rings. The topological polar surface area (TPSA) is 114 Å². The zero-order chi connectivity index (χ0) is 26.2. The van der Waals surface area contributed by atoms with Crippen molar-refractivity contribution in [3.63, 3.8) is 0 Å². The number of carboxylic acids is 1. The fraction of sp³-hybridized carbons (Fsp3) is 0.250. The minimum absolute atomic E-state index is 0.0204. The number of ether oxygens (including phenoxy) is 2. The molecule has 192 valence electrons. The monoisotopic (exact) mass is 522 g/mol. The van der Waals surface area contributed by atoms with Crippen LogP contribution in [0.25, 0.3) is 11.1 Å². The van der Waals surface area contributed by atoms with Crippen molar-refractivity contribution in [3.05, 3.63) is 94.5 Å². The van der Waals surface area contributed by atoms with Gasteiger partial charge in [-0.1, -0.05) is 78.3 Å². The van der Waals surface area contributed by atoms with Crippen molar-refractivity contribution in [3.8, 4) is 11.1 Å². The first-order valence-electron chi connectivity index (χ1n) is 11.9. The van der Waals surface area contributed by atoms with Crippen molar-refractivity contribution < 1.29 is 29.0 Å². The minimum atomic E-state index is -1.19. The van der Waals surface area contributed by atoms with Crippen molar-refractivity contribution in [2.45, 2.75) is 31.4 Å². The van der Waals surface area contributed by atoms with E-state index in [1.165, 1.54) is 0 Å². The highest BCUT2D eigenvalue weighted by molar-refractivity contribution is 6.31. The van der Waals surface area contributed by atoms with Crippen LogP contribution in [-0.2, 0) is 20.9 Å². The van der Waals surface area contributed by atoms with Crippen molar-refractivity contribution in [2.75, 3.05) is 13.2 Å². The molecule has 1 atom stereocenters. The summed E-state index contributed by atoms with van der Waals surface area (Å²) in [6, 6.07) is 21.8. The van der Waals surface area contributed by atoms with Gasteiger partial charge in [-0.15, -0.1) is 0 Å². The Morgan fingerprint density at radius 2 is 1.49 bits per heavy atom. The Labute approximate surface area is 219 Å². The zero-order valence-corrected chi connectivity index (χ0v) is 20.7. The molecular formula is C28H27ClN2O6. The van der Waals surface area contributed by atoms with Crippen LogP contribution in [0.3, 0.4) is 0 Å². The lowest BCUT2D eigenvalue weighted by atomic mass is 9.98. The number of fused-ring (bicyclic) bond motifs is 3. The molecule has 0 saturated heterocycles. The molecule has 2 amide bonds. The predicted molar refractivity (Wildman–Crippen MR) is 139 cm³/mol. The van der Waals surface area contributed by atoms with Crippen LogP contribution in [0.5, 0.6) is 0 Å². The molecule has 0 heterocycles. The lowest BCUT2D eigenvalue weighted by Gasteiger charge is -2.17. The largest absolute Gasteiger partial charge is 0.480 e. The molecule has 9 heteroatoms. The Bertz CT molecular complexity index is 1240. The molecule has 0 unspecified atom stereocenters. The molecule has 0 spiro atoms. The van der Waals surface area contributed by atoms with Crippen LogP contribution in [0.15, 0.2) is 72.8 Å². The lowest BCUT2D eigenvalue weighted by molar-refractivity contribution is -0.139. The Kier molecular flexibility index (Phi) is 8.64. The molecule has 0 radical (unpaired) electrons. The first-order valence-corrected chi connectivity index (χ1v) is 12.3. The third-order valence-corrected chi connectivity index (χ3v) is 6.56. The molecular weight excluding hydrogens is 496 g/mol. The van der Waals surface area contributed by atoms with Gasteiger partial charge in [0.25, 0.3) is 0 Å². The summed E-state index contributed by atoms with van der Waals surface area (Å²) in [4.78, 5) is 36.0. The number of aliphatic carboxylic acids is 1. The summed E-state index contributed by atoms with van der Waals surface area (Å²) in [6.07, 6.45) is -1.04. The van der Waals surface area contributed by atoms with Gasteiger partial charge in [0.1, 0.15) is 19.3 Å². The number of carbonyl (C=O) groups excluding carboxylic acids is 2. The Morgan fingerprint density at radius 1 is 0.865 bits per heavy atom. The summed E-state index contributed by atoms with van der Waals surface area (Å²) in [5.41, 5.74) is 5.02. The molecule has 4 rings (SSSR count). The second-order valence-corrected chi connectivity index (χ2v) is 9.00. The van der Waals surface area contributed by atoms with Crippen LogP contribution in [0.4, 0.5) is 9.59 Å². The highest BCUT2D eigenvalue weighted by Crippen LogP contribution is 2.44. The van der Waals surface area contributed by atoms with Crippen LogP contribution < -0.4 is 10.6 Å². The SMILES string of the molecule is O=C(NCCC[C@@H](NC(=O)OCC1c2ccccc2-c2ccccc21)C(=O)O)OCc1ccccc1Cl. The number of nitrogens with one attached hydrogen (secondary N) is 2. The van der Waals surface area contributed by atoms with Gasteiger partial charge in [-0.25, -0.2) is 14.4 Å². The van der Waals surface area contributed by atoms with Crippen LogP contribution in [0.2, 0.25) is 5.02 Å². The summed E-state index contributed by atoms with van der Waals surface area (Å²) < 4.78 is 10.6. The van der Waals surface area contributed by atoms with E-state index in [1.54, 1.807) is 24.3 Å². The van der Waals surface area contributed by atoms with Crippen molar-refractivity contribution in [1.29, 1.82) is 0 Å². The number of benzene rings is 3. The van der Waals surface area contributed by atoms with Gasteiger partial charge in [-0.2, -0.15) is 0 Å². The van der Waals surface area contributed by atoms with Gasteiger partial charge in [0.15, 0.2) is 0 Å². The van der Waals surface area contributed by atoms with E-state index < -0.39 is 24.2 Å². The molecule has 3 N–H and O–H groups in total. The molecule has 1 aliphatic carbocycles. The number of alkyl carbamates (subject to hydrolysis) is 2. The van der Waals surface area contributed by atoms with E-state index in [2.05, 4.69) is 10.6 Å². The Hall–Kier alpha value is -4.04. The van der Waals surface area contributed by atoms with Gasteiger partial charge >= 0.3 is 18.2 Å². The van der Waals surface area contributed by atoms with E-state index in [-0.39, 0.29) is 32.1 Å². The first kappa shape index (κ1) is 26.0. The minimum Gasteiger partial charge on any atom is -0.480 e. The van der Waals surface area contributed by atoms with Gasteiger partial charge in [0.05, 0.1) is 0 Å². The average molecular weight is 523 g/mol. The van der Waals surface area contributed by atoms with Crippen LogP contribution in [0, 0.1) is 0 Å². The second-order valence-electron chi connectivity index (χ2n) is 8.60.